The normalized spacial score (nSPS) is 22.3. The molecule has 1 aliphatic carbocycles. The van der Waals surface area contributed by atoms with E-state index in [9.17, 15) is 0 Å². The molecule has 0 spiro atoms. The second-order valence-electron chi connectivity index (χ2n) is 5.63. The van der Waals surface area contributed by atoms with Crippen LogP contribution < -0.4 is 10.6 Å². The summed E-state index contributed by atoms with van der Waals surface area (Å²) < 4.78 is 0. The molecule has 1 aromatic carbocycles. The Hall–Kier alpha value is -1.61. The van der Waals surface area contributed by atoms with E-state index >= 15 is 0 Å². The summed E-state index contributed by atoms with van der Waals surface area (Å²) in [4.78, 5) is 7.01. The highest BCUT2D eigenvalue weighted by Crippen LogP contribution is 2.35. The summed E-state index contributed by atoms with van der Waals surface area (Å²) in [5.41, 5.74) is 8.35. The van der Waals surface area contributed by atoms with Crippen LogP contribution in [0.3, 0.4) is 0 Å². The molecule has 1 saturated carbocycles. The zero-order chi connectivity index (χ0) is 13.9. The molecule has 2 unspecified atom stereocenters. The Kier molecular flexibility index (Phi) is 3.88. The smallest absolute Gasteiger partial charge is 0.0722 e. The van der Waals surface area contributed by atoms with E-state index in [1.807, 2.05) is 12.3 Å². The lowest BCUT2D eigenvalue weighted by Crippen LogP contribution is -2.40. The highest BCUT2D eigenvalue weighted by atomic mass is 15.2. The average molecular weight is 269 g/mol. The summed E-state index contributed by atoms with van der Waals surface area (Å²) >= 11 is 0. The van der Waals surface area contributed by atoms with Crippen LogP contribution >= 0.6 is 0 Å². The lowest BCUT2D eigenvalue weighted by Gasteiger charge is -2.34. The van der Waals surface area contributed by atoms with Gasteiger partial charge in [0.25, 0.3) is 0 Å². The van der Waals surface area contributed by atoms with E-state index in [1.165, 1.54) is 30.3 Å². The van der Waals surface area contributed by atoms with Crippen LogP contribution in [-0.4, -0.2) is 24.1 Å². The van der Waals surface area contributed by atoms with Gasteiger partial charge in [-0.05, 0) is 44.4 Å². The lowest BCUT2D eigenvalue weighted by molar-refractivity contribution is 0.462. The first-order valence-electron chi connectivity index (χ1n) is 7.65. The van der Waals surface area contributed by atoms with Crippen LogP contribution in [0, 0.1) is 5.92 Å². The van der Waals surface area contributed by atoms with Crippen LogP contribution in [0.4, 0.5) is 5.69 Å². The number of nitrogens with two attached hydrogens (primary N) is 1. The van der Waals surface area contributed by atoms with E-state index in [2.05, 4.69) is 41.1 Å². The minimum absolute atomic E-state index is 0.579. The van der Waals surface area contributed by atoms with Gasteiger partial charge in [0.1, 0.15) is 0 Å². The largest absolute Gasteiger partial charge is 0.368 e. The van der Waals surface area contributed by atoms with Crippen molar-refractivity contribution in [3.63, 3.8) is 0 Å². The summed E-state index contributed by atoms with van der Waals surface area (Å²) in [6, 6.07) is 11.1. The second kappa shape index (κ2) is 5.80. The molecule has 1 aromatic heterocycles. The molecule has 106 valence electrons. The van der Waals surface area contributed by atoms with Crippen molar-refractivity contribution in [3.8, 4) is 0 Å². The van der Waals surface area contributed by atoms with Crippen molar-refractivity contribution in [3.05, 3.63) is 36.5 Å². The third-order valence-electron chi connectivity index (χ3n) is 4.60. The van der Waals surface area contributed by atoms with Crippen molar-refractivity contribution in [1.82, 2.24) is 4.98 Å². The first kappa shape index (κ1) is 13.4. The number of aromatic nitrogens is 1. The Morgan fingerprint density at radius 3 is 2.90 bits per heavy atom. The second-order valence-corrected chi connectivity index (χ2v) is 5.63. The fourth-order valence-electron chi connectivity index (χ4n) is 3.62. The third-order valence-corrected chi connectivity index (χ3v) is 4.60. The molecule has 0 amide bonds. The van der Waals surface area contributed by atoms with Crippen molar-refractivity contribution in [1.29, 1.82) is 0 Å². The maximum Gasteiger partial charge on any atom is 0.0722 e. The minimum Gasteiger partial charge on any atom is -0.368 e. The fourth-order valence-corrected chi connectivity index (χ4v) is 3.62. The van der Waals surface area contributed by atoms with Gasteiger partial charge < -0.3 is 10.6 Å². The van der Waals surface area contributed by atoms with Gasteiger partial charge in [-0.3, -0.25) is 4.98 Å². The highest BCUT2D eigenvalue weighted by molar-refractivity contribution is 5.91. The lowest BCUT2D eigenvalue weighted by atomic mass is 10.0. The first-order valence-corrected chi connectivity index (χ1v) is 7.65. The number of benzene rings is 1. The molecular weight excluding hydrogens is 246 g/mol. The summed E-state index contributed by atoms with van der Waals surface area (Å²) in [7, 11) is 0. The van der Waals surface area contributed by atoms with Crippen LogP contribution in [0.5, 0.6) is 0 Å². The number of hydrogen-bond acceptors (Lipinski definition) is 3. The van der Waals surface area contributed by atoms with Crippen LogP contribution in [0.25, 0.3) is 10.9 Å². The van der Waals surface area contributed by atoms with Crippen LogP contribution in [-0.2, 0) is 0 Å². The Morgan fingerprint density at radius 2 is 2.10 bits per heavy atom. The molecule has 0 aliphatic heterocycles. The predicted molar refractivity (Wildman–Crippen MR) is 84.9 cm³/mol. The van der Waals surface area contributed by atoms with Gasteiger partial charge in [-0.25, -0.2) is 0 Å². The molecular formula is C17H23N3. The molecule has 1 aliphatic rings. The number of hydrogen-bond donors (Lipinski definition) is 1. The summed E-state index contributed by atoms with van der Waals surface area (Å²) in [6.07, 6.45) is 5.74. The summed E-state index contributed by atoms with van der Waals surface area (Å²) in [6.45, 7) is 4.06. The maximum atomic E-state index is 5.97. The zero-order valence-electron chi connectivity index (χ0n) is 12.1. The molecule has 3 rings (SSSR count). The molecule has 0 saturated heterocycles. The van der Waals surface area contributed by atoms with Crippen LogP contribution in [0.1, 0.15) is 26.2 Å². The van der Waals surface area contributed by atoms with Crippen molar-refractivity contribution >= 4 is 16.6 Å². The number of para-hydroxylation sites is 1. The monoisotopic (exact) mass is 269 g/mol. The van der Waals surface area contributed by atoms with Gasteiger partial charge in [-0.15, -0.1) is 0 Å². The SMILES string of the molecule is CCN(c1ccnc2ccccc12)C1CCCC1CN. The van der Waals surface area contributed by atoms with Gasteiger partial charge in [-0.2, -0.15) is 0 Å². The fraction of sp³-hybridized carbons (Fsp3) is 0.471. The number of anilines is 1. The van der Waals surface area contributed by atoms with Crippen molar-refractivity contribution in [2.45, 2.75) is 32.2 Å². The Bertz CT molecular complexity index is 576. The average Bonchev–Trinajstić information content (AvgIpc) is 2.97. The molecule has 2 aromatic rings. The highest BCUT2D eigenvalue weighted by Gasteiger charge is 2.31. The standard InChI is InChI=1S/C17H23N3/c1-2-20(16-9-5-6-13(16)12-18)17-10-11-19-15-8-4-3-7-14(15)17/h3-4,7-8,10-11,13,16H,2,5-6,9,12,18H2,1H3. The van der Waals surface area contributed by atoms with Gasteiger partial charge in [0.15, 0.2) is 0 Å². The van der Waals surface area contributed by atoms with E-state index in [1.54, 1.807) is 0 Å². The van der Waals surface area contributed by atoms with Gasteiger partial charge >= 0.3 is 0 Å². The van der Waals surface area contributed by atoms with Gasteiger partial charge in [-0.1, -0.05) is 24.6 Å². The minimum atomic E-state index is 0.579. The first-order chi connectivity index (χ1) is 9.85. The topological polar surface area (TPSA) is 42.2 Å². The van der Waals surface area contributed by atoms with Gasteiger partial charge in [0, 0.05) is 29.9 Å². The van der Waals surface area contributed by atoms with Gasteiger partial charge in [0.05, 0.1) is 5.52 Å². The van der Waals surface area contributed by atoms with E-state index in [0.29, 0.717) is 12.0 Å². The van der Waals surface area contributed by atoms with Crippen molar-refractivity contribution in [2.75, 3.05) is 18.0 Å². The molecule has 20 heavy (non-hydrogen) atoms. The Morgan fingerprint density at radius 1 is 1.25 bits per heavy atom. The number of nitrogens with zero attached hydrogens (tertiary/aromatic N) is 2. The molecule has 1 fully saturated rings. The summed E-state index contributed by atoms with van der Waals surface area (Å²) in [5.74, 6) is 0.627. The molecule has 1 heterocycles. The van der Waals surface area contributed by atoms with E-state index in [-0.39, 0.29) is 0 Å². The van der Waals surface area contributed by atoms with Crippen molar-refractivity contribution in [2.24, 2.45) is 11.7 Å². The molecule has 3 heteroatoms. The quantitative estimate of drug-likeness (QED) is 0.927. The molecule has 3 nitrogen and oxygen atoms in total. The van der Waals surface area contributed by atoms with Crippen molar-refractivity contribution < 1.29 is 0 Å². The maximum absolute atomic E-state index is 5.97. The van der Waals surface area contributed by atoms with E-state index in [0.717, 1.165) is 18.6 Å². The van der Waals surface area contributed by atoms with Gasteiger partial charge in [0.2, 0.25) is 0 Å². The number of rotatable bonds is 4. The molecule has 0 bridgehead atoms. The van der Waals surface area contributed by atoms with E-state index < -0.39 is 0 Å². The third kappa shape index (κ3) is 2.27. The van der Waals surface area contributed by atoms with Crippen LogP contribution in [0.2, 0.25) is 0 Å². The summed E-state index contributed by atoms with van der Waals surface area (Å²) in [5, 5.41) is 1.25. The molecule has 2 N–H and O–H groups in total. The molecule has 0 radical (unpaired) electrons. The molecule has 2 atom stereocenters. The number of pyridine rings is 1. The Balaban J connectivity index is 2.03. The Labute approximate surface area is 120 Å². The number of fused-ring (bicyclic) bond motifs is 1. The van der Waals surface area contributed by atoms with E-state index in [4.69, 9.17) is 5.73 Å². The van der Waals surface area contributed by atoms with Crippen LogP contribution in [0.15, 0.2) is 36.5 Å². The zero-order valence-corrected chi connectivity index (χ0v) is 12.1. The predicted octanol–water partition coefficient (Wildman–Crippen LogP) is 3.19.